The van der Waals surface area contributed by atoms with Gasteiger partial charge in [0.05, 0.1) is 59.6 Å². The molecule has 0 bridgehead atoms. The Balaban J connectivity index is 0.000000157. The Hall–Kier alpha value is -10.1. The highest BCUT2D eigenvalue weighted by molar-refractivity contribution is 7.18. The number of rotatable bonds is 24. The van der Waals surface area contributed by atoms with E-state index < -0.39 is 0 Å². The number of thiophene rings is 3. The molecule has 484 valence electrons. The summed E-state index contributed by atoms with van der Waals surface area (Å²) in [5, 5.41) is 41.5. The highest BCUT2D eigenvalue weighted by atomic mass is 35.5. The molecule has 6 aromatic heterocycles. The van der Waals surface area contributed by atoms with E-state index in [2.05, 4.69) is 67.1 Å². The average molecular weight is 1390 g/mol. The van der Waals surface area contributed by atoms with E-state index in [4.69, 9.17) is 39.9 Å². The summed E-state index contributed by atoms with van der Waals surface area (Å²) in [6.07, 6.45) is 5.79. The first-order chi connectivity index (χ1) is 46.8. The van der Waals surface area contributed by atoms with Crippen molar-refractivity contribution in [3.05, 3.63) is 282 Å². The number of aliphatic hydroxyl groups is 2. The summed E-state index contributed by atoms with van der Waals surface area (Å²) in [4.78, 5) is 79.4. The van der Waals surface area contributed by atoms with Crippen LogP contribution < -0.4 is 37.2 Å². The van der Waals surface area contributed by atoms with E-state index in [1.165, 1.54) is 34.0 Å². The minimum absolute atomic E-state index is 0.0340. The lowest BCUT2D eigenvalue weighted by molar-refractivity contribution is 0.0947. The van der Waals surface area contributed by atoms with Gasteiger partial charge in [-0.05, 0) is 155 Å². The molecule has 96 heavy (non-hydrogen) atoms. The molecule has 12 rings (SSSR count). The summed E-state index contributed by atoms with van der Waals surface area (Å²) in [5.74, 6) is 0.862. The van der Waals surface area contributed by atoms with Crippen LogP contribution in [-0.4, -0.2) is 77.3 Å². The van der Waals surface area contributed by atoms with Crippen molar-refractivity contribution in [3.63, 3.8) is 0 Å². The van der Waals surface area contributed by atoms with Gasteiger partial charge in [-0.1, -0.05) is 108 Å². The molecular formula is C71H60Cl3N13O6S3. The van der Waals surface area contributed by atoms with Crippen LogP contribution in [0.4, 0.5) is 34.9 Å². The SMILES string of the molecule is O=C(NCc1cccc(Cl)c1)c1ccc(-c2ccnc(Nc3cccc(CNCCO)c3)n2)s1.O=C(NCc1cccc(Cl)c1)c1ccc(-c2ccnc(Nc3cccc(CO)c3)n2)s1.O=Cc1cccc(Nc2nccc(-c3ccc(C(=O)NCc4cccc(Cl)c4)s3)n2)c1. The number of hydrogen-bond donors (Lipinski definition) is 9. The fourth-order valence-electron chi connectivity index (χ4n) is 9.11. The number of nitrogens with one attached hydrogen (secondary N) is 7. The quantitative estimate of drug-likeness (QED) is 0.0201. The van der Waals surface area contributed by atoms with Gasteiger partial charge in [0.15, 0.2) is 0 Å². The van der Waals surface area contributed by atoms with E-state index in [-0.39, 0.29) is 30.9 Å². The second-order valence-corrected chi connectivity index (χ2v) is 25.4. The maximum atomic E-state index is 12.6. The molecule has 25 heteroatoms. The zero-order chi connectivity index (χ0) is 67.0. The lowest BCUT2D eigenvalue weighted by Crippen LogP contribution is -2.21. The summed E-state index contributed by atoms with van der Waals surface area (Å²) in [5.41, 5.74) is 9.78. The highest BCUT2D eigenvalue weighted by Crippen LogP contribution is 2.31. The summed E-state index contributed by atoms with van der Waals surface area (Å²) in [6.45, 7) is 2.48. The highest BCUT2D eigenvalue weighted by Gasteiger charge is 2.16. The van der Waals surface area contributed by atoms with Gasteiger partial charge in [-0.2, -0.15) is 0 Å². The van der Waals surface area contributed by atoms with Gasteiger partial charge in [0.1, 0.15) is 6.29 Å². The molecule has 0 saturated carbocycles. The predicted octanol–water partition coefficient (Wildman–Crippen LogP) is 15.0. The van der Waals surface area contributed by atoms with Gasteiger partial charge in [-0.3, -0.25) is 19.2 Å². The fraction of sp³-hybridized carbons (Fsp3) is 0.0986. The number of carbonyl (C=O) groups excluding carboxylic acids is 4. The number of nitrogens with zero attached hydrogens (tertiary/aromatic N) is 6. The fourth-order valence-corrected chi connectivity index (χ4v) is 12.4. The molecule has 0 saturated heterocycles. The normalized spacial score (nSPS) is 10.6. The number of anilines is 6. The van der Waals surface area contributed by atoms with Gasteiger partial charge in [-0.25, -0.2) is 29.9 Å². The van der Waals surface area contributed by atoms with Gasteiger partial charge in [0.25, 0.3) is 17.7 Å². The molecule has 0 aliphatic rings. The molecule has 19 nitrogen and oxygen atoms in total. The van der Waals surface area contributed by atoms with Crippen molar-refractivity contribution in [3.8, 4) is 31.7 Å². The smallest absolute Gasteiger partial charge is 0.261 e. The third kappa shape index (κ3) is 20.7. The van der Waals surface area contributed by atoms with Crippen LogP contribution >= 0.6 is 68.8 Å². The Labute approximate surface area is 579 Å². The number of halogens is 3. The van der Waals surface area contributed by atoms with Crippen molar-refractivity contribution in [2.75, 3.05) is 29.1 Å². The standard InChI is InChI=1S/C25H24ClN5O2S.C23H19ClN4O2S.C23H17ClN4O2S/c26-19-5-1-3-17(13-19)16-29-24(33)23-8-7-22(34-23)21-9-10-28-25(31-21)30-20-6-2-4-18(14-20)15-27-11-12-32;2*24-17-5-1-3-15(11-17)13-26-22(30)21-8-7-20(31-21)19-9-10-25-23(28-19)27-18-6-2-4-16(12-18)14-29/h1-10,13-14,27,32H,11-12,15-16H2,(H,29,33)(H,28,30,31);1-12,29H,13-14H2,(H,26,30)(H,25,27,28);1-12,14H,13H2,(H,26,30)(H,25,27,28). The van der Waals surface area contributed by atoms with Gasteiger partial charge >= 0.3 is 0 Å². The Morgan fingerprint density at radius 2 is 0.760 bits per heavy atom. The van der Waals surface area contributed by atoms with E-state index in [0.29, 0.717) is 97.2 Å². The van der Waals surface area contributed by atoms with Crippen LogP contribution in [0.3, 0.4) is 0 Å². The zero-order valence-corrected chi connectivity index (χ0v) is 55.6. The second-order valence-electron chi connectivity index (χ2n) is 20.8. The number of benzene rings is 6. The number of hydrogen-bond acceptors (Lipinski definition) is 19. The first kappa shape index (κ1) is 68.7. The topological polar surface area (TPSA) is 270 Å². The van der Waals surface area contributed by atoms with Gasteiger partial charge in [0, 0.05) is 89.0 Å². The van der Waals surface area contributed by atoms with E-state index in [9.17, 15) is 24.3 Å². The van der Waals surface area contributed by atoms with Gasteiger partial charge in [-0.15, -0.1) is 34.0 Å². The molecule has 6 heterocycles. The number of amides is 3. The molecule has 0 fully saturated rings. The van der Waals surface area contributed by atoms with Gasteiger partial charge < -0.3 is 47.4 Å². The second kappa shape index (κ2) is 34.9. The summed E-state index contributed by atoms with van der Waals surface area (Å²) < 4.78 is 0. The van der Waals surface area contributed by atoms with Crippen molar-refractivity contribution >= 4 is 128 Å². The van der Waals surface area contributed by atoms with Crippen LogP contribution in [0.25, 0.3) is 31.7 Å². The lowest BCUT2D eigenvalue weighted by atomic mass is 10.2. The van der Waals surface area contributed by atoms with Crippen molar-refractivity contribution < 1.29 is 29.4 Å². The summed E-state index contributed by atoms with van der Waals surface area (Å²) in [6, 6.07) is 60.9. The number of carbonyl (C=O) groups is 4. The van der Waals surface area contributed by atoms with Crippen molar-refractivity contribution in [1.82, 2.24) is 51.2 Å². The van der Waals surface area contributed by atoms with Gasteiger partial charge in [0.2, 0.25) is 17.8 Å². The molecule has 0 unspecified atom stereocenters. The molecule has 0 radical (unpaired) electrons. The van der Waals surface area contributed by atoms with Crippen molar-refractivity contribution in [1.29, 1.82) is 0 Å². The van der Waals surface area contributed by atoms with Crippen molar-refractivity contribution in [2.45, 2.75) is 32.8 Å². The van der Waals surface area contributed by atoms with E-state index in [1.807, 2.05) is 133 Å². The first-order valence-electron chi connectivity index (χ1n) is 29.7. The molecule has 0 spiro atoms. The maximum Gasteiger partial charge on any atom is 0.261 e. The largest absolute Gasteiger partial charge is 0.395 e. The molecule has 0 aliphatic heterocycles. The molecule has 0 aliphatic carbocycles. The van der Waals surface area contributed by atoms with Crippen LogP contribution in [0, 0.1) is 0 Å². The lowest BCUT2D eigenvalue weighted by Gasteiger charge is -2.08. The summed E-state index contributed by atoms with van der Waals surface area (Å²) >= 11 is 22.1. The molecule has 6 aromatic carbocycles. The molecule has 0 atom stereocenters. The van der Waals surface area contributed by atoms with Crippen LogP contribution in [0.1, 0.15) is 67.2 Å². The van der Waals surface area contributed by atoms with Crippen LogP contribution in [0.15, 0.2) is 219 Å². The Kier molecular flexibility index (Phi) is 25.0. The first-order valence-corrected chi connectivity index (χ1v) is 33.2. The minimum atomic E-state index is -0.158. The van der Waals surface area contributed by atoms with E-state index >= 15 is 0 Å². The van der Waals surface area contributed by atoms with E-state index in [1.54, 1.807) is 85.3 Å². The maximum absolute atomic E-state index is 12.6. The van der Waals surface area contributed by atoms with Crippen molar-refractivity contribution in [2.24, 2.45) is 0 Å². The zero-order valence-electron chi connectivity index (χ0n) is 50.9. The molecule has 12 aromatic rings. The Morgan fingerprint density at radius 3 is 1.14 bits per heavy atom. The minimum Gasteiger partial charge on any atom is -0.395 e. The molecule has 9 N–H and O–H groups in total. The van der Waals surface area contributed by atoms with E-state index in [0.717, 1.165) is 71.5 Å². The third-order valence-corrected chi connectivity index (χ3v) is 17.7. The summed E-state index contributed by atoms with van der Waals surface area (Å²) in [7, 11) is 0. The molecular weight excluding hydrogens is 1330 g/mol. The average Bonchev–Trinajstić information content (AvgIpc) is 2.38. The van der Waals surface area contributed by atoms with Crippen LogP contribution in [-0.2, 0) is 32.8 Å². The monoisotopic (exact) mass is 1390 g/mol. The Morgan fingerprint density at radius 1 is 0.406 bits per heavy atom. The molecule has 3 amide bonds. The van der Waals surface area contributed by atoms with Crippen LogP contribution in [0.5, 0.6) is 0 Å². The van der Waals surface area contributed by atoms with Crippen LogP contribution in [0.2, 0.25) is 15.1 Å². The third-order valence-electron chi connectivity index (χ3n) is 13.7. The number of aliphatic hydroxyl groups excluding tert-OH is 2. The number of aromatic nitrogens is 6. The number of aldehydes is 1. The Bertz CT molecular complexity index is 4630. The predicted molar refractivity (Wildman–Crippen MR) is 383 cm³/mol.